The van der Waals surface area contributed by atoms with E-state index < -0.39 is 17.9 Å². The molecule has 0 aliphatic carbocycles. The summed E-state index contributed by atoms with van der Waals surface area (Å²) >= 11 is 1.28. The van der Waals surface area contributed by atoms with Gasteiger partial charge >= 0.3 is 5.97 Å². The molecule has 1 unspecified atom stereocenters. The van der Waals surface area contributed by atoms with E-state index in [1.807, 2.05) is 25.5 Å². The van der Waals surface area contributed by atoms with Crippen LogP contribution < -0.4 is 5.32 Å². The van der Waals surface area contributed by atoms with E-state index in [2.05, 4.69) is 20.5 Å². The summed E-state index contributed by atoms with van der Waals surface area (Å²) < 4.78 is 2.87. The molecule has 0 saturated heterocycles. The van der Waals surface area contributed by atoms with Crippen LogP contribution >= 0.6 is 11.3 Å². The molecule has 0 aliphatic heterocycles. The van der Waals surface area contributed by atoms with Gasteiger partial charge in [-0.1, -0.05) is 0 Å². The fourth-order valence-corrected chi connectivity index (χ4v) is 3.08. The van der Waals surface area contributed by atoms with Gasteiger partial charge in [-0.3, -0.25) is 14.8 Å². The third-order valence-electron chi connectivity index (χ3n) is 3.64. The van der Waals surface area contributed by atoms with Crippen LogP contribution in [0.3, 0.4) is 0 Å². The van der Waals surface area contributed by atoms with Crippen LogP contribution in [0.5, 0.6) is 0 Å². The number of carboxylic acid groups (broad SMARTS) is 1. The number of carbonyl (C=O) groups is 2. The quantitative estimate of drug-likeness (QED) is 0.718. The summed E-state index contributed by atoms with van der Waals surface area (Å²) in [6, 6.07) is 0.523. The van der Waals surface area contributed by atoms with E-state index in [0.29, 0.717) is 5.13 Å². The SMILES string of the molecule is Cc1nn(C)cc1-c1csc(NC(=O)c2ccnn2C(C)C(=O)O)n1. The monoisotopic (exact) mass is 360 g/mol. The number of aliphatic carboxylic acids is 1. The summed E-state index contributed by atoms with van der Waals surface area (Å²) in [4.78, 5) is 27.9. The van der Waals surface area contributed by atoms with E-state index in [4.69, 9.17) is 5.11 Å². The van der Waals surface area contributed by atoms with Crippen LogP contribution in [0.4, 0.5) is 5.13 Å². The lowest BCUT2D eigenvalue weighted by molar-refractivity contribution is -0.140. The van der Waals surface area contributed by atoms with Gasteiger partial charge in [-0.05, 0) is 19.9 Å². The van der Waals surface area contributed by atoms with Crippen molar-refractivity contribution in [1.29, 1.82) is 0 Å². The summed E-state index contributed by atoms with van der Waals surface area (Å²) in [6.07, 6.45) is 3.25. The molecule has 1 amide bonds. The number of carboxylic acids is 1. The molecule has 10 heteroatoms. The fraction of sp³-hybridized carbons (Fsp3) is 0.267. The van der Waals surface area contributed by atoms with Crippen LogP contribution in [0.25, 0.3) is 11.3 Å². The third-order valence-corrected chi connectivity index (χ3v) is 4.40. The average Bonchev–Trinajstić information content (AvgIpc) is 3.26. The summed E-state index contributed by atoms with van der Waals surface area (Å²) in [6.45, 7) is 3.34. The highest BCUT2D eigenvalue weighted by molar-refractivity contribution is 7.14. The number of thiazole rings is 1. The zero-order valence-corrected chi connectivity index (χ0v) is 14.6. The van der Waals surface area contributed by atoms with E-state index in [0.717, 1.165) is 21.6 Å². The smallest absolute Gasteiger partial charge is 0.328 e. The minimum atomic E-state index is -1.07. The number of aryl methyl sites for hydroxylation is 2. The van der Waals surface area contributed by atoms with E-state index in [-0.39, 0.29) is 5.69 Å². The summed E-state index contributed by atoms with van der Waals surface area (Å²) in [5, 5.41) is 22.2. The van der Waals surface area contributed by atoms with Gasteiger partial charge in [-0.25, -0.2) is 14.5 Å². The van der Waals surface area contributed by atoms with Crippen molar-refractivity contribution in [2.45, 2.75) is 19.9 Å². The first-order valence-corrected chi connectivity index (χ1v) is 8.28. The van der Waals surface area contributed by atoms with Crippen molar-refractivity contribution in [3.8, 4) is 11.3 Å². The molecule has 9 nitrogen and oxygen atoms in total. The largest absolute Gasteiger partial charge is 0.480 e. The predicted molar refractivity (Wildman–Crippen MR) is 91.6 cm³/mol. The molecule has 2 N–H and O–H groups in total. The molecule has 25 heavy (non-hydrogen) atoms. The molecule has 1 atom stereocenters. The fourth-order valence-electron chi connectivity index (χ4n) is 2.37. The van der Waals surface area contributed by atoms with E-state index in [9.17, 15) is 9.59 Å². The second-order valence-electron chi connectivity index (χ2n) is 5.47. The van der Waals surface area contributed by atoms with Gasteiger partial charge in [0.1, 0.15) is 11.7 Å². The van der Waals surface area contributed by atoms with Gasteiger partial charge in [0.15, 0.2) is 5.13 Å². The summed E-state index contributed by atoms with van der Waals surface area (Å²) in [7, 11) is 1.83. The molecule has 0 fully saturated rings. The van der Waals surface area contributed by atoms with Crippen LogP contribution in [0.2, 0.25) is 0 Å². The van der Waals surface area contributed by atoms with Crippen molar-refractivity contribution in [2.24, 2.45) is 7.05 Å². The first kappa shape index (κ1) is 16.8. The molecular formula is C15H16N6O3S. The maximum Gasteiger partial charge on any atom is 0.328 e. The second-order valence-corrected chi connectivity index (χ2v) is 6.33. The Morgan fingerprint density at radius 1 is 1.40 bits per heavy atom. The van der Waals surface area contributed by atoms with Gasteiger partial charge in [-0.2, -0.15) is 10.2 Å². The molecule has 0 aliphatic rings. The Kier molecular flexibility index (Phi) is 4.36. The van der Waals surface area contributed by atoms with Crippen LogP contribution in [0, 0.1) is 6.92 Å². The van der Waals surface area contributed by atoms with E-state index in [1.165, 1.54) is 30.5 Å². The van der Waals surface area contributed by atoms with Crippen molar-refractivity contribution in [3.05, 3.63) is 35.2 Å². The maximum atomic E-state index is 12.4. The number of nitrogens with one attached hydrogen (secondary N) is 1. The Morgan fingerprint density at radius 2 is 2.16 bits per heavy atom. The molecule has 3 aromatic rings. The van der Waals surface area contributed by atoms with Crippen LogP contribution in [-0.2, 0) is 11.8 Å². The zero-order valence-electron chi connectivity index (χ0n) is 13.8. The van der Waals surface area contributed by atoms with Gasteiger partial charge in [0, 0.05) is 30.4 Å². The highest BCUT2D eigenvalue weighted by atomic mass is 32.1. The van der Waals surface area contributed by atoms with Crippen LogP contribution in [-0.4, -0.2) is 41.5 Å². The number of rotatable bonds is 5. The van der Waals surface area contributed by atoms with Crippen molar-refractivity contribution >= 4 is 28.3 Å². The lowest BCUT2D eigenvalue weighted by Gasteiger charge is -2.10. The highest BCUT2D eigenvalue weighted by Gasteiger charge is 2.22. The number of hydrogen-bond donors (Lipinski definition) is 2. The highest BCUT2D eigenvalue weighted by Crippen LogP contribution is 2.27. The lowest BCUT2D eigenvalue weighted by atomic mass is 10.2. The van der Waals surface area contributed by atoms with Gasteiger partial charge in [-0.15, -0.1) is 11.3 Å². The Morgan fingerprint density at radius 3 is 2.80 bits per heavy atom. The molecule has 0 saturated carbocycles. The van der Waals surface area contributed by atoms with Gasteiger partial charge in [0.25, 0.3) is 5.91 Å². The molecule has 0 spiro atoms. The minimum absolute atomic E-state index is 0.157. The van der Waals surface area contributed by atoms with Gasteiger partial charge in [0.2, 0.25) is 0 Å². The van der Waals surface area contributed by atoms with Crippen molar-refractivity contribution in [1.82, 2.24) is 24.5 Å². The van der Waals surface area contributed by atoms with E-state index >= 15 is 0 Å². The maximum absolute atomic E-state index is 12.4. The summed E-state index contributed by atoms with van der Waals surface area (Å²) in [5.74, 6) is -1.53. The van der Waals surface area contributed by atoms with Crippen molar-refractivity contribution < 1.29 is 14.7 Å². The first-order chi connectivity index (χ1) is 11.9. The van der Waals surface area contributed by atoms with Crippen molar-refractivity contribution in [3.63, 3.8) is 0 Å². The van der Waals surface area contributed by atoms with Gasteiger partial charge < -0.3 is 5.11 Å². The molecular weight excluding hydrogens is 344 g/mol. The standard InChI is InChI=1S/C15H16N6O3S/c1-8-10(6-20(3)19-8)11-7-25-15(17-11)18-13(22)12-4-5-16-21(12)9(2)14(23)24/h4-7,9H,1-3H3,(H,23,24)(H,17,18,22). The molecule has 130 valence electrons. The second kappa shape index (κ2) is 6.48. The Bertz CT molecular complexity index is 941. The molecule has 3 aromatic heterocycles. The third kappa shape index (κ3) is 3.29. The molecule has 3 heterocycles. The van der Waals surface area contributed by atoms with Gasteiger partial charge in [0.05, 0.1) is 11.4 Å². The topological polar surface area (TPSA) is 115 Å². The molecule has 3 rings (SSSR count). The normalized spacial score (nSPS) is 12.1. The Labute approximate surface area is 146 Å². The lowest BCUT2D eigenvalue weighted by Crippen LogP contribution is -2.24. The van der Waals surface area contributed by atoms with E-state index in [1.54, 1.807) is 4.68 Å². The number of aromatic nitrogens is 5. The van der Waals surface area contributed by atoms with Crippen LogP contribution in [0.1, 0.15) is 29.1 Å². The number of anilines is 1. The average molecular weight is 360 g/mol. The Hall–Kier alpha value is -3.01. The first-order valence-electron chi connectivity index (χ1n) is 7.40. The predicted octanol–water partition coefficient (Wildman–Crippen LogP) is 1.95. The molecule has 0 bridgehead atoms. The molecule has 0 radical (unpaired) electrons. The van der Waals surface area contributed by atoms with Crippen molar-refractivity contribution in [2.75, 3.05) is 5.32 Å². The molecule has 0 aromatic carbocycles. The zero-order chi connectivity index (χ0) is 18.1. The number of amides is 1. The number of hydrogen-bond acceptors (Lipinski definition) is 6. The number of carbonyl (C=O) groups excluding carboxylic acids is 1. The summed E-state index contributed by atoms with van der Waals surface area (Å²) in [5.41, 5.74) is 2.62. The minimum Gasteiger partial charge on any atom is -0.480 e. The number of nitrogens with zero attached hydrogens (tertiary/aromatic N) is 5. The Balaban J connectivity index is 1.80. The van der Waals surface area contributed by atoms with Crippen LogP contribution in [0.15, 0.2) is 23.8 Å².